The molecule has 4 heterocycles. The van der Waals surface area contributed by atoms with E-state index < -0.39 is 114 Å². The van der Waals surface area contributed by atoms with Crippen LogP contribution in [0.2, 0.25) is 0 Å². The normalized spacial score (nSPS) is 17.1. The molecule has 8 rings (SSSR count). The molecule has 0 radical (unpaired) electrons. The van der Waals surface area contributed by atoms with Gasteiger partial charge < -0.3 is 102 Å². The molecule has 2 aromatic heterocycles. The highest BCUT2D eigenvalue weighted by Crippen LogP contribution is 2.46. The van der Waals surface area contributed by atoms with Crippen molar-refractivity contribution in [3.63, 3.8) is 0 Å². The highest BCUT2D eigenvalue weighted by Gasteiger charge is 2.46. The zero-order chi connectivity index (χ0) is 75.6. The van der Waals surface area contributed by atoms with Crippen molar-refractivity contribution in [2.45, 2.75) is 167 Å². The quantitative estimate of drug-likeness (QED) is 0.0116. The number of anilines is 1. The molecule has 4 aromatic rings. The van der Waals surface area contributed by atoms with E-state index in [1.165, 1.54) is 34.9 Å². The zero-order valence-corrected chi connectivity index (χ0v) is 59.6. The summed E-state index contributed by atoms with van der Waals surface area (Å²) in [6.45, 7) is 7.41. The van der Waals surface area contributed by atoms with Crippen LogP contribution in [0.25, 0.3) is 22.3 Å². The molecule has 4 aliphatic rings. The molecule has 13 N–H and O–H groups in total. The minimum absolute atomic E-state index is 0.0189. The van der Waals surface area contributed by atoms with Gasteiger partial charge in [0.1, 0.15) is 63.2 Å². The third kappa shape index (κ3) is 23.2. The van der Waals surface area contributed by atoms with Gasteiger partial charge in [0.25, 0.3) is 5.56 Å². The molecular weight excluding hydrogens is 1370 g/mol. The molecule has 105 heavy (non-hydrogen) atoms. The average molecular weight is 1470 g/mol. The fourth-order valence-corrected chi connectivity index (χ4v) is 12.5. The van der Waals surface area contributed by atoms with Crippen LogP contribution in [0.4, 0.5) is 19.7 Å². The predicted octanol–water partition coefficient (Wildman–Crippen LogP) is 2.22. The molecule has 0 saturated heterocycles. The lowest BCUT2D eigenvalue weighted by atomic mass is 9.81. The van der Waals surface area contributed by atoms with Gasteiger partial charge in [0.15, 0.2) is 5.60 Å². The van der Waals surface area contributed by atoms with Crippen LogP contribution in [-0.2, 0) is 108 Å². The standard InChI is InChI=1S/C72H95FN12O20/c1-5-72(97)50-34-56-64-48(36-85(56)68(93)49(50)38-104-69(72)94)62-52(20-19-47-43(4)51(73)35-55(81-64)61(47)62)80-60(89)39-102-41-78-65(90)54(21-22-57(74)86)83-71(96)105-37-44-15-17-45(18-16-44)79-66(91)53(14-11-24-77-70(75)95)82-67(92)63(42(2)3)84-58(87)23-26-98-28-30-100-32-33-101-31-29-99-27-25-76-59(88)40-103-46-12-9-7-6-8-10-13-46/h15-18,34-35,42,46,52-54,63,97H,5-9,11-12,14,19-33,36-41H2,1-4H3,(H2,74,86)(H,76,88)(H,78,90)(H,79,91)(H,80,89)(H,82,92)(H,83,96)(H,84,87)(H3,75,77,95)/t46?,52-,53-,54-,63-,72-/m0/s1. The topological polar surface area (TPSA) is 448 Å². The Kier molecular flexibility index (Phi) is 30.8. The number of ether oxygens (including phenoxy) is 8. The van der Waals surface area contributed by atoms with Crippen molar-refractivity contribution in [2.75, 3.05) is 91.2 Å². The number of cyclic esters (lactones) is 1. The number of alkyl carbamates (subject to hydrolysis) is 1. The summed E-state index contributed by atoms with van der Waals surface area (Å²) in [5.74, 6) is 0.247. The number of halogens is 1. The molecule has 2 aliphatic heterocycles. The van der Waals surface area contributed by atoms with Crippen LogP contribution < -0.4 is 59.6 Å². The number of aryl methyl sites for hydroxylation is 1. The highest BCUT2D eigenvalue weighted by atomic mass is 19.1. The van der Waals surface area contributed by atoms with Gasteiger partial charge in [-0.3, -0.25) is 38.4 Å². The number of amides is 10. The van der Waals surface area contributed by atoms with E-state index in [0.717, 1.165) is 32.1 Å². The van der Waals surface area contributed by atoms with Crippen molar-refractivity contribution in [3.05, 3.63) is 91.5 Å². The number of carbonyl (C=O) groups excluding carboxylic acids is 10. The molecule has 0 fully saturated rings. The lowest BCUT2D eigenvalue weighted by molar-refractivity contribution is -0.172. The first-order chi connectivity index (χ1) is 50.4. The van der Waals surface area contributed by atoms with Crippen LogP contribution in [-0.4, -0.2) is 184 Å². The smallest absolute Gasteiger partial charge is 0.408 e. The van der Waals surface area contributed by atoms with Gasteiger partial charge in [-0.15, -0.1) is 5.92 Å². The Bertz CT molecular complexity index is 3920. The summed E-state index contributed by atoms with van der Waals surface area (Å²) in [6, 6.07) is 3.92. The second-order valence-electron chi connectivity index (χ2n) is 26.0. The van der Waals surface area contributed by atoms with Crippen LogP contribution in [0.5, 0.6) is 0 Å². The third-order valence-corrected chi connectivity index (χ3v) is 18.1. The molecule has 0 spiro atoms. The number of pyridine rings is 2. The lowest BCUT2D eigenvalue weighted by Gasteiger charge is -2.31. The first kappa shape index (κ1) is 81.0. The van der Waals surface area contributed by atoms with Crippen molar-refractivity contribution in [1.29, 1.82) is 0 Å². The van der Waals surface area contributed by atoms with E-state index in [9.17, 15) is 57.8 Å². The van der Waals surface area contributed by atoms with Crippen LogP contribution in [0.1, 0.15) is 143 Å². The number of rotatable bonds is 41. The number of esters is 1. The largest absolute Gasteiger partial charge is 0.458 e. The number of nitrogens with zero attached hydrogens (tertiary/aromatic N) is 2. The Morgan fingerprint density at radius 1 is 0.762 bits per heavy atom. The Hall–Kier alpha value is -9.69. The Morgan fingerprint density at radius 3 is 2.18 bits per heavy atom. The van der Waals surface area contributed by atoms with Gasteiger partial charge in [0.2, 0.25) is 41.4 Å². The molecule has 2 aliphatic carbocycles. The number of nitrogens with two attached hydrogens (primary N) is 2. The second-order valence-corrected chi connectivity index (χ2v) is 26.0. The van der Waals surface area contributed by atoms with Crippen molar-refractivity contribution in [1.82, 2.24) is 46.8 Å². The van der Waals surface area contributed by atoms with E-state index in [1.807, 2.05) is 0 Å². The van der Waals surface area contributed by atoms with Gasteiger partial charge in [0.05, 0.1) is 87.9 Å². The number of nitrogens with one attached hydrogen (secondary N) is 8. The summed E-state index contributed by atoms with van der Waals surface area (Å²) in [5, 5.41) is 33.3. The monoisotopic (exact) mass is 1470 g/mol. The van der Waals surface area contributed by atoms with Crippen molar-refractivity contribution in [3.8, 4) is 23.2 Å². The maximum absolute atomic E-state index is 15.5. The summed E-state index contributed by atoms with van der Waals surface area (Å²) in [7, 11) is 0. The number of aromatic nitrogens is 2. The number of carbonyl (C=O) groups is 10. The Balaban J connectivity index is 0.737. The van der Waals surface area contributed by atoms with Gasteiger partial charge in [-0.1, -0.05) is 45.2 Å². The van der Waals surface area contributed by atoms with E-state index >= 15 is 4.39 Å². The molecule has 0 saturated carbocycles. The van der Waals surface area contributed by atoms with Gasteiger partial charge in [-0.2, -0.15) is 0 Å². The van der Waals surface area contributed by atoms with Crippen LogP contribution >= 0.6 is 0 Å². The fraction of sp³-hybridized carbons (Fsp3) is 0.556. The van der Waals surface area contributed by atoms with E-state index in [1.54, 1.807) is 33.8 Å². The van der Waals surface area contributed by atoms with Crippen molar-refractivity contribution in [2.24, 2.45) is 17.4 Å². The molecule has 570 valence electrons. The number of fused-ring (bicyclic) bond motifs is 5. The van der Waals surface area contributed by atoms with Crippen LogP contribution in [0.3, 0.4) is 0 Å². The second kappa shape index (κ2) is 40.0. The Morgan fingerprint density at radius 2 is 1.48 bits per heavy atom. The van der Waals surface area contributed by atoms with Gasteiger partial charge >= 0.3 is 18.1 Å². The summed E-state index contributed by atoms with van der Waals surface area (Å²) in [5.41, 5.74) is 12.2. The average Bonchev–Trinajstić information content (AvgIpc) is 1.60. The number of aliphatic hydroxyl groups is 1. The third-order valence-electron chi connectivity index (χ3n) is 18.1. The number of urea groups is 1. The van der Waals surface area contributed by atoms with E-state index in [4.69, 9.17) is 54.3 Å². The minimum Gasteiger partial charge on any atom is -0.458 e. The van der Waals surface area contributed by atoms with Crippen LogP contribution in [0, 0.1) is 30.5 Å². The summed E-state index contributed by atoms with van der Waals surface area (Å²) in [6.07, 6.45) is 3.94. The number of hydrogen-bond acceptors (Lipinski definition) is 21. The van der Waals surface area contributed by atoms with Gasteiger partial charge in [-0.25, -0.2) is 23.8 Å². The summed E-state index contributed by atoms with van der Waals surface area (Å²) in [4.78, 5) is 148. The molecule has 0 bridgehead atoms. The van der Waals surface area contributed by atoms with Gasteiger partial charge in [0, 0.05) is 60.6 Å². The Labute approximate surface area is 606 Å². The molecule has 6 atom stereocenters. The molecular formula is C72H95FN12O20. The number of primary amides is 2. The first-order valence-electron chi connectivity index (χ1n) is 35.3. The predicted molar refractivity (Wildman–Crippen MR) is 375 cm³/mol. The molecule has 10 amide bonds. The molecule has 32 nitrogen and oxygen atoms in total. The van der Waals surface area contributed by atoms with Crippen molar-refractivity contribution >= 4 is 76.0 Å². The van der Waals surface area contributed by atoms with E-state index in [-0.39, 0.29) is 126 Å². The van der Waals surface area contributed by atoms with E-state index in [0.29, 0.717) is 97.0 Å². The maximum Gasteiger partial charge on any atom is 0.408 e. The van der Waals surface area contributed by atoms with Crippen LogP contribution in [0.15, 0.2) is 41.2 Å². The zero-order valence-electron chi connectivity index (χ0n) is 59.6. The van der Waals surface area contributed by atoms with Gasteiger partial charge in [-0.05, 0) is 111 Å². The maximum atomic E-state index is 15.5. The highest BCUT2D eigenvalue weighted by molar-refractivity contribution is 5.99. The molecule has 33 heteroatoms. The minimum atomic E-state index is -2.08. The SMILES string of the molecule is CC[C@@]1(O)C(=O)OCc2c1cc1n(c2=O)Cc2c-1nc1cc(F)c(C)c3c1c2[C@@H](NC(=O)COCNC(=O)[C@H](CCC(N)=O)NC(=O)OCc1ccc(NC(=O)[C@H](CCCNC(N)=O)NC(=O)[C@@H](NC(=O)CCOCCOCCOCCOCCNC(=O)COC2C#CCCCCC2)C(C)C)cc1)CC3. The first-order valence-corrected chi connectivity index (χ1v) is 35.3. The number of hydrogen-bond donors (Lipinski definition) is 11. The number of benzene rings is 2. The summed E-state index contributed by atoms with van der Waals surface area (Å²) < 4.78 is 60.9. The van der Waals surface area contributed by atoms with E-state index in [2.05, 4.69) is 54.4 Å². The summed E-state index contributed by atoms with van der Waals surface area (Å²) >= 11 is 0. The fourth-order valence-electron chi connectivity index (χ4n) is 12.5. The van der Waals surface area contributed by atoms with Crippen molar-refractivity contribution < 1.29 is 95.3 Å². The molecule has 2 aromatic carbocycles. The molecule has 1 unspecified atom stereocenters. The lowest BCUT2D eigenvalue weighted by Crippen LogP contribution is -2.54.